The first-order valence-corrected chi connectivity index (χ1v) is 5.56. The second kappa shape index (κ2) is 4.84. The lowest BCUT2D eigenvalue weighted by Crippen LogP contribution is -2.24. The van der Waals surface area contributed by atoms with Crippen LogP contribution >= 0.6 is 0 Å². The SMILES string of the molecule is O=c1[nH]cc(CN=Nc2ncnc3nc[nH]c23)c(=O)[nH]1. The van der Waals surface area contributed by atoms with Gasteiger partial charge in [-0.15, -0.1) is 5.11 Å². The Hall–Kier alpha value is -3.17. The molecule has 0 aromatic carbocycles. The highest BCUT2D eigenvalue weighted by molar-refractivity contribution is 5.79. The molecule has 100 valence electrons. The lowest BCUT2D eigenvalue weighted by atomic mass is 10.3. The number of imidazole rings is 1. The van der Waals surface area contributed by atoms with Crippen LogP contribution in [0.1, 0.15) is 5.56 Å². The third-order valence-corrected chi connectivity index (χ3v) is 2.51. The summed E-state index contributed by atoms with van der Waals surface area (Å²) in [5.74, 6) is 0.327. The number of aromatic nitrogens is 6. The fraction of sp³-hybridized carbons (Fsp3) is 0.100. The third kappa shape index (κ3) is 2.21. The van der Waals surface area contributed by atoms with Gasteiger partial charge >= 0.3 is 5.69 Å². The molecule has 0 fully saturated rings. The highest BCUT2D eigenvalue weighted by atomic mass is 16.2. The van der Waals surface area contributed by atoms with Crippen molar-refractivity contribution in [1.29, 1.82) is 0 Å². The number of hydrogen-bond donors (Lipinski definition) is 3. The number of nitrogens with one attached hydrogen (secondary N) is 3. The molecule has 0 saturated carbocycles. The van der Waals surface area contributed by atoms with E-state index in [2.05, 4.69) is 40.1 Å². The van der Waals surface area contributed by atoms with Gasteiger partial charge < -0.3 is 9.97 Å². The summed E-state index contributed by atoms with van der Waals surface area (Å²) < 4.78 is 0. The second-order valence-electron chi connectivity index (χ2n) is 3.80. The van der Waals surface area contributed by atoms with E-state index in [4.69, 9.17) is 0 Å². The predicted molar refractivity (Wildman–Crippen MR) is 67.6 cm³/mol. The molecule has 0 saturated heterocycles. The quantitative estimate of drug-likeness (QED) is 0.575. The number of fused-ring (bicyclic) bond motifs is 1. The van der Waals surface area contributed by atoms with Crippen molar-refractivity contribution in [3.8, 4) is 0 Å². The maximum atomic E-state index is 11.4. The van der Waals surface area contributed by atoms with Crippen molar-refractivity contribution in [3.05, 3.63) is 45.3 Å². The van der Waals surface area contributed by atoms with Crippen LogP contribution in [0.5, 0.6) is 0 Å². The number of H-pyrrole nitrogens is 3. The molecule has 0 bridgehead atoms. The number of aromatic amines is 3. The maximum absolute atomic E-state index is 11.4. The Morgan fingerprint density at radius 2 is 2.05 bits per heavy atom. The molecule has 10 nitrogen and oxygen atoms in total. The first kappa shape index (κ1) is 11.9. The number of hydrogen-bond acceptors (Lipinski definition) is 7. The normalized spacial score (nSPS) is 11.4. The molecule has 0 aliphatic carbocycles. The van der Waals surface area contributed by atoms with Crippen LogP contribution in [0.15, 0.2) is 38.7 Å². The zero-order chi connectivity index (χ0) is 13.9. The van der Waals surface area contributed by atoms with Crippen molar-refractivity contribution in [2.24, 2.45) is 10.2 Å². The summed E-state index contributed by atoms with van der Waals surface area (Å²) in [4.78, 5) is 41.5. The Balaban J connectivity index is 1.86. The lowest BCUT2D eigenvalue weighted by Gasteiger charge is -1.94. The van der Waals surface area contributed by atoms with Gasteiger partial charge in [0.15, 0.2) is 5.65 Å². The molecule has 0 spiro atoms. The van der Waals surface area contributed by atoms with Gasteiger partial charge in [0.25, 0.3) is 5.56 Å². The third-order valence-electron chi connectivity index (χ3n) is 2.51. The molecule has 0 aliphatic rings. The Labute approximate surface area is 110 Å². The Morgan fingerprint density at radius 3 is 2.90 bits per heavy atom. The average Bonchev–Trinajstić information content (AvgIpc) is 2.90. The van der Waals surface area contributed by atoms with E-state index in [9.17, 15) is 9.59 Å². The fourth-order valence-corrected chi connectivity index (χ4v) is 1.56. The summed E-state index contributed by atoms with van der Waals surface area (Å²) in [6, 6.07) is 0. The van der Waals surface area contributed by atoms with Crippen LogP contribution in [0.25, 0.3) is 11.2 Å². The molecule has 3 aromatic rings. The van der Waals surface area contributed by atoms with Crippen molar-refractivity contribution in [1.82, 2.24) is 29.9 Å². The summed E-state index contributed by atoms with van der Waals surface area (Å²) in [5.41, 5.74) is 0.276. The van der Waals surface area contributed by atoms with E-state index < -0.39 is 11.2 Å². The molecule has 3 rings (SSSR count). The van der Waals surface area contributed by atoms with Gasteiger partial charge in [-0.1, -0.05) is 0 Å². The van der Waals surface area contributed by atoms with Crippen molar-refractivity contribution in [3.63, 3.8) is 0 Å². The summed E-state index contributed by atoms with van der Waals surface area (Å²) in [5, 5.41) is 7.80. The molecule has 3 aromatic heterocycles. The standard InChI is InChI=1S/C10H8N8O2/c19-9-5(1-11-10(20)17-9)2-16-18-8-6-7(13-3-12-6)14-4-15-8/h1,3-4H,2H2,(H2,11,17,19,20)(H,12,13,14,15). The van der Waals surface area contributed by atoms with Gasteiger partial charge in [-0.2, -0.15) is 5.11 Å². The van der Waals surface area contributed by atoms with E-state index in [1.165, 1.54) is 18.9 Å². The summed E-state index contributed by atoms with van der Waals surface area (Å²) >= 11 is 0. The van der Waals surface area contributed by atoms with Crippen molar-refractivity contribution >= 4 is 17.0 Å². The zero-order valence-electron chi connectivity index (χ0n) is 9.99. The predicted octanol–water partition coefficient (Wildman–Crippen LogP) is 0.0134. The van der Waals surface area contributed by atoms with Crippen molar-refractivity contribution in [2.75, 3.05) is 0 Å². The molecular weight excluding hydrogens is 264 g/mol. The molecule has 0 radical (unpaired) electrons. The van der Waals surface area contributed by atoms with Crippen molar-refractivity contribution in [2.45, 2.75) is 6.54 Å². The van der Waals surface area contributed by atoms with Crippen LogP contribution in [0.4, 0.5) is 5.82 Å². The second-order valence-corrected chi connectivity index (χ2v) is 3.80. The van der Waals surface area contributed by atoms with Crippen LogP contribution in [0.3, 0.4) is 0 Å². The van der Waals surface area contributed by atoms with Crippen LogP contribution in [0.2, 0.25) is 0 Å². The van der Waals surface area contributed by atoms with Crippen LogP contribution < -0.4 is 11.2 Å². The Kier molecular flexibility index (Phi) is 2.88. The molecule has 3 heterocycles. The first-order valence-electron chi connectivity index (χ1n) is 5.56. The summed E-state index contributed by atoms with van der Waals surface area (Å²) in [6.45, 7) is 0.0196. The van der Waals surface area contributed by atoms with Gasteiger partial charge in [0.05, 0.1) is 18.4 Å². The monoisotopic (exact) mass is 272 g/mol. The van der Waals surface area contributed by atoms with Gasteiger partial charge in [0.2, 0.25) is 5.82 Å². The van der Waals surface area contributed by atoms with Crippen molar-refractivity contribution < 1.29 is 0 Å². The molecule has 0 unspecified atom stereocenters. The maximum Gasteiger partial charge on any atom is 0.325 e. The molecule has 10 heteroatoms. The largest absolute Gasteiger partial charge is 0.340 e. The highest BCUT2D eigenvalue weighted by Crippen LogP contribution is 2.17. The molecule has 20 heavy (non-hydrogen) atoms. The molecular formula is C10H8N8O2. The summed E-state index contributed by atoms with van der Waals surface area (Å²) in [6.07, 6.45) is 4.10. The van der Waals surface area contributed by atoms with Crippen LogP contribution in [-0.2, 0) is 6.54 Å². The van der Waals surface area contributed by atoms with Crippen LogP contribution in [0, 0.1) is 0 Å². The molecule has 0 aliphatic heterocycles. The zero-order valence-corrected chi connectivity index (χ0v) is 9.99. The summed E-state index contributed by atoms with van der Waals surface area (Å²) in [7, 11) is 0. The van der Waals surface area contributed by atoms with Gasteiger partial charge in [-0.05, 0) is 0 Å². The minimum absolute atomic E-state index is 0.0196. The smallest absolute Gasteiger partial charge is 0.325 e. The van der Waals surface area contributed by atoms with Crippen LogP contribution in [-0.4, -0.2) is 29.9 Å². The van der Waals surface area contributed by atoms with E-state index in [1.807, 2.05) is 0 Å². The number of rotatable bonds is 3. The van der Waals surface area contributed by atoms with Gasteiger partial charge in [-0.25, -0.2) is 19.7 Å². The number of azo groups is 1. The van der Waals surface area contributed by atoms with Gasteiger partial charge in [0, 0.05) is 6.20 Å². The fourth-order valence-electron chi connectivity index (χ4n) is 1.56. The Morgan fingerprint density at radius 1 is 1.15 bits per heavy atom. The van der Waals surface area contributed by atoms with Gasteiger partial charge in [0.1, 0.15) is 11.8 Å². The topological polar surface area (TPSA) is 145 Å². The Bertz CT molecular complexity index is 890. The molecule has 3 N–H and O–H groups in total. The van der Waals surface area contributed by atoms with E-state index >= 15 is 0 Å². The molecule has 0 amide bonds. The average molecular weight is 272 g/mol. The number of nitrogens with zero attached hydrogens (tertiary/aromatic N) is 5. The highest BCUT2D eigenvalue weighted by Gasteiger charge is 2.04. The van der Waals surface area contributed by atoms with Gasteiger partial charge in [-0.3, -0.25) is 9.78 Å². The van der Waals surface area contributed by atoms with E-state index in [0.717, 1.165) is 0 Å². The minimum Gasteiger partial charge on any atom is -0.340 e. The van der Waals surface area contributed by atoms with E-state index in [0.29, 0.717) is 22.5 Å². The van der Waals surface area contributed by atoms with E-state index in [-0.39, 0.29) is 6.54 Å². The molecule has 0 atom stereocenters. The van der Waals surface area contributed by atoms with E-state index in [1.54, 1.807) is 0 Å². The first-order chi connectivity index (χ1) is 9.74. The lowest BCUT2D eigenvalue weighted by molar-refractivity contribution is 0.891. The minimum atomic E-state index is -0.564.